The smallest absolute Gasteiger partial charge is 0.263 e. The van der Waals surface area contributed by atoms with Crippen LogP contribution in [0.5, 0.6) is 0 Å². The third kappa shape index (κ3) is 2.02. The number of nitrogens with zero attached hydrogens (tertiary/aromatic N) is 2. The number of nitrogen functional groups attached to an aromatic ring is 1. The maximum absolute atomic E-state index is 11.9. The lowest BCUT2D eigenvalue weighted by molar-refractivity contribution is -0.0948. The molecule has 120 valence electrons. The maximum atomic E-state index is 11.9. The number of aliphatic hydroxyl groups is 3. The first-order chi connectivity index (χ1) is 10.3. The van der Waals surface area contributed by atoms with Crippen molar-refractivity contribution in [1.82, 2.24) is 14.5 Å². The predicted molar refractivity (Wildman–Crippen MR) is 77.4 cm³/mol. The van der Waals surface area contributed by atoms with E-state index in [0.717, 1.165) is 0 Å². The summed E-state index contributed by atoms with van der Waals surface area (Å²) in [6.07, 6.45) is -2.03. The molecule has 1 fully saturated rings. The van der Waals surface area contributed by atoms with Gasteiger partial charge in [0.25, 0.3) is 5.56 Å². The zero-order valence-electron chi connectivity index (χ0n) is 11.5. The summed E-state index contributed by atoms with van der Waals surface area (Å²) in [6, 6.07) is 0. The quantitative estimate of drug-likeness (QED) is 0.472. The Labute approximate surface area is 128 Å². The number of ether oxygens (including phenoxy) is 1. The van der Waals surface area contributed by atoms with Crippen molar-refractivity contribution in [2.75, 3.05) is 12.3 Å². The number of nitrogens with one attached hydrogen (secondary N) is 1. The van der Waals surface area contributed by atoms with E-state index in [1.807, 2.05) is 0 Å². The van der Waals surface area contributed by atoms with Crippen LogP contribution in [0.1, 0.15) is 13.2 Å². The summed E-state index contributed by atoms with van der Waals surface area (Å²) in [6.45, 7) is 0.880. The largest absolute Gasteiger partial charge is 0.394 e. The second kappa shape index (κ2) is 4.93. The van der Waals surface area contributed by atoms with Gasteiger partial charge in [-0.3, -0.25) is 9.78 Å². The highest BCUT2D eigenvalue weighted by atomic mass is 35.5. The third-order valence-electron chi connectivity index (χ3n) is 3.84. The van der Waals surface area contributed by atoms with Crippen molar-refractivity contribution in [2.24, 2.45) is 0 Å². The van der Waals surface area contributed by atoms with Crippen LogP contribution in [0.4, 0.5) is 5.95 Å². The summed E-state index contributed by atoms with van der Waals surface area (Å²) in [5.41, 5.74) is 3.40. The maximum Gasteiger partial charge on any atom is 0.263 e. The van der Waals surface area contributed by atoms with Crippen LogP contribution in [0.25, 0.3) is 11.0 Å². The SMILES string of the molecule is C[C@@]1(O)[C@H](O)[C@@H](CO)O[C@H]1n1cc(Cl)c2c(=O)[nH]c(N)nc21. The summed E-state index contributed by atoms with van der Waals surface area (Å²) < 4.78 is 6.81. The van der Waals surface area contributed by atoms with E-state index in [1.165, 1.54) is 17.7 Å². The minimum Gasteiger partial charge on any atom is -0.394 e. The molecule has 2 aromatic heterocycles. The van der Waals surface area contributed by atoms with Crippen LogP contribution < -0.4 is 11.3 Å². The Bertz CT molecular complexity index is 786. The van der Waals surface area contributed by atoms with Crippen molar-refractivity contribution >= 4 is 28.6 Å². The Morgan fingerprint density at radius 3 is 2.91 bits per heavy atom. The molecule has 1 aliphatic heterocycles. The first-order valence-electron chi connectivity index (χ1n) is 6.50. The Morgan fingerprint density at radius 1 is 1.64 bits per heavy atom. The van der Waals surface area contributed by atoms with Crippen LogP contribution in [-0.2, 0) is 4.74 Å². The fraction of sp³-hybridized carbons (Fsp3) is 0.500. The van der Waals surface area contributed by atoms with Crippen molar-refractivity contribution in [3.8, 4) is 0 Å². The van der Waals surface area contributed by atoms with Gasteiger partial charge in [-0.1, -0.05) is 11.6 Å². The highest BCUT2D eigenvalue weighted by molar-refractivity contribution is 6.35. The van der Waals surface area contributed by atoms with Gasteiger partial charge in [-0.2, -0.15) is 4.98 Å². The Kier molecular flexibility index (Phi) is 3.42. The Hall–Kier alpha value is -1.65. The summed E-state index contributed by atoms with van der Waals surface area (Å²) in [5, 5.41) is 29.9. The average molecular weight is 331 g/mol. The van der Waals surface area contributed by atoms with Gasteiger partial charge in [0.1, 0.15) is 23.2 Å². The number of aromatic amines is 1. The van der Waals surface area contributed by atoms with E-state index in [0.29, 0.717) is 0 Å². The molecular formula is C12H15ClN4O5. The van der Waals surface area contributed by atoms with Crippen molar-refractivity contribution in [3.63, 3.8) is 0 Å². The Balaban J connectivity index is 2.21. The lowest BCUT2D eigenvalue weighted by atomic mass is 9.96. The molecule has 1 saturated heterocycles. The number of aromatic nitrogens is 3. The normalized spacial score (nSPS) is 32.0. The zero-order valence-corrected chi connectivity index (χ0v) is 12.3. The van der Waals surface area contributed by atoms with E-state index < -0.39 is 36.2 Å². The number of anilines is 1. The number of rotatable bonds is 2. The van der Waals surface area contributed by atoms with Crippen LogP contribution in [-0.4, -0.2) is 54.3 Å². The summed E-state index contributed by atoms with van der Waals surface area (Å²) in [5.74, 6) is -0.120. The monoisotopic (exact) mass is 330 g/mol. The first kappa shape index (κ1) is 15.3. The standard InChI is InChI=1S/C12H15ClN4O5/c1-12(21)7(19)5(3-18)22-10(12)17-2-4(13)6-8(17)15-11(14)16-9(6)20/h2,5,7,10,18-19,21H,3H2,1H3,(H3,14,15,16,20)/t5-,7-,10-,12-/m1/s1. The van der Waals surface area contributed by atoms with Gasteiger partial charge >= 0.3 is 0 Å². The highest BCUT2D eigenvalue weighted by Crippen LogP contribution is 2.40. The van der Waals surface area contributed by atoms with Gasteiger partial charge in [0.05, 0.1) is 11.6 Å². The number of hydrogen-bond donors (Lipinski definition) is 5. The fourth-order valence-electron chi connectivity index (χ4n) is 2.70. The molecular weight excluding hydrogens is 316 g/mol. The van der Waals surface area contributed by atoms with Gasteiger partial charge in [0.15, 0.2) is 11.9 Å². The number of halogens is 1. The van der Waals surface area contributed by atoms with Crippen LogP contribution >= 0.6 is 11.6 Å². The molecule has 0 bridgehead atoms. The highest BCUT2D eigenvalue weighted by Gasteiger charge is 2.53. The number of fused-ring (bicyclic) bond motifs is 1. The first-order valence-corrected chi connectivity index (χ1v) is 6.87. The molecule has 4 atom stereocenters. The van der Waals surface area contributed by atoms with Gasteiger partial charge in [-0.25, -0.2) is 0 Å². The summed E-state index contributed by atoms with van der Waals surface area (Å²) in [4.78, 5) is 18.3. The third-order valence-corrected chi connectivity index (χ3v) is 4.13. The lowest BCUT2D eigenvalue weighted by Crippen LogP contribution is -2.44. The molecule has 0 spiro atoms. The minimum absolute atomic E-state index is 0.0946. The Morgan fingerprint density at radius 2 is 2.32 bits per heavy atom. The molecule has 3 rings (SSSR count). The van der Waals surface area contributed by atoms with Crippen LogP contribution in [0.2, 0.25) is 5.02 Å². The molecule has 0 aliphatic carbocycles. The number of H-pyrrole nitrogens is 1. The molecule has 6 N–H and O–H groups in total. The van der Waals surface area contributed by atoms with E-state index in [9.17, 15) is 20.1 Å². The second-order valence-corrected chi connectivity index (χ2v) is 5.82. The van der Waals surface area contributed by atoms with E-state index in [1.54, 1.807) is 0 Å². The molecule has 1 aliphatic rings. The van der Waals surface area contributed by atoms with Crippen molar-refractivity contribution < 1.29 is 20.1 Å². The second-order valence-electron chi connectivity index (χ2n) is 5.41. The van der Waals surface area contributed by atoms with E-state index >= 15 is 0 Å². The summed E-state index contributed by atoms with van der Waals surface area (Å²) in [7, 11) is 0. The summed E-state index contributed by atoms with van der Waals surface area (Å²) >= 11 is 6.04. The molecule has 9 nitrogen and oxygen atoms in total. The number of hydrogen-bond acceptors (Lipinski definition) is 7. The fourth-order valence-corrected chi connectivity index (χ4v) is 2.97. The molecule has 10 heteroatoms. The minimum atomic E-state index is -1.72. The van der Waals surface area contributed by atoms with Gasteiger partial charge in [0.2, 0.25) is 5.95 Å². The topological polar surface area (TPSA) is 147 Å². The molecule has 0 aromatic carbocycles. The molecule has 3 heterocycles. The predicted octanol–water partition coefficient (Wildman–Crippen LogP) is -1.04. The molecule has 0 amide bonds. The van der Waals surface area contributed by atoms with Crippen LogP contribution in [0.15, 0.2) is 11.0 Å². The average Bonchev–Trinajstić information content (AvgIpc) is 2.86. The number of nitrogens with two attached hydrogens (primary N) is 1. The molecule has 0 radical (unpaired) electrons. The van der Waals surface area contributed by atoms with E-state index in [4.69, 9.17) is 22.1 Å². The van der Waals surface area contributed by atoms with Crippen molar-refractivity contribution in [2.45, 2.75) is 31.0 Å². The molecule has 2 aromatic rings. The van der Waals surface area contributed by atoms with Gasteiger partial charge in [-0.15, -0.1) is 0 Å². The van der Waals surface area contributed by atoms with Crippen molar-refractivity contribution in [3.05, 3.63) is 21.6 Å². The van der Waals surface area contributed by atoms with E-state index in [2.05, 4.69) is 9.97 Å². The van der Waals surface area contributed by atoms with E-state index in [-0.39, 0.29) is 22.0 Å². The molecule has 22 heavy (non-hydrogen) atoms. The number of aliphatic hydroxyl groups excluding tert-OH is 2. The van der Waals surface area contributed by atoms with Crippen LogP contribution in [0.3, 0.4) is 0 Å². The van der Waals surface area contributed by atoms with Crippen LogP contribution in [0, 0.1) is 0 Å². The zero-order chi connectivity index (χ0) is 16.2. The van der Waals surface area contributed by atoms with Gasteiger partial charge in [0, 0.05) is 6.20 Å². The lowest BCUT2D eigenvalue weighted by Gasteiger charge is -2.27. The van der Waals surface area contributed by atoms with Crippen molar-refractivity contribution in [1.29, 1.82) is 0 Å². The van der Waals surface area contributed by atoms with Gasteiger partial charge in [-0.05, 0) is 6.92 Å². The molecule has 0 unspecified atom stereocenters. The molecule has 0 saturated carbocycles. The van der Waals surface area contributed by atoms with Gasteiger partial charge < -0.3 is 30.4 Å².